The van der Waals surface area contributed by atoms with E-state index < -0.39 is 0 Å². The molecule has 0 saturated carbocycles. The number of aromatic amines is 1. The van der Waals surface area contributed by atoms with Crippen LogP contribution in [-0.4, -0.2) is 36.4 Å². The van der Waals surface area contributed by atoms with E-state index in [9.17, 15) is 0 Å². The van der Waals surface area contributed by atoms with Gasteiger partial charge in [0.2, 0.25) is 5.13 Å². The van der Waals surface area contributed by atoms with Crippen molar-refractivity contribution in [2.24, 2.45) is 0 Å². The fraction of sp³-hybridized carbons (Fsp3) is 0.333. The van der Waals surface area contributed by atoms with Gasteiger partial charge in [-0.15, -0.1) is 5.10 Å². The number of piperazine rings is 1. The lowest BCUT2D eigenvalue weighted by Crippen LogP contribution is -2.46. The molecule has 0 amide bonds. The number of aromatic nitrogens is 2. The first-order valence-electron chi connectivity index (χ1n) is 6.04. The van der Waals surface area contributed by atoms with Crippen molar-refractivity contribution in [3.8, 4) is 0 Å². The normalized spacial score (nSPS) is 15.8. The minimum atomic E-state index is 0.725. The number of hydrogen-bond donors (Lipinski definition) is 1. The summed E-state index contributed by atoms with van der Waals surface area (Å²) in [6, 6.07) is 7.98. The van der Waals surface area contributed by atoms with E-state index in [4.69, 9.17) is 23.8 Å². The van der Waals surface area contributed by atoms with Crippen molar-refractivity contribution in [3.63, 3.8) is 0 Å². The summed E-state index contributed by atoms with van der Waals surface area (Å²) in [4.78, 5) is 4.56. The first-order valence-corrected chi connectivity index (χ1v) is 7.64. The van der Waals surface area contributed by atoms with Gasteiger partial charge in [-0.05, 0) is 24.4 Å². The van der Waals surface area contributed by atoms with E-state index in [1.54, 1.807) is 0 Å². The number of nitrogens with zero attached hydrogens (tertiary/aromatic N) is 3. The number of rotatable bonds is 2. The highest BCUT2D eigenvalue weighted by atomic mass is 35.5. The van der Waals surface area contributed by atoms with Crippen molar-refractivity contribution in [1.29, 1.82) is 0 Å². The predicted octanol–water partition coefficient (Wildman–Crippen LogP) is 3.18. The van der Waals surface area contributed by atoms with Crippen LogP contribution in [0.2, 0.25) is 5.02 Å². The molecular weight excluding hydrogens is 300 g/mol. The molecule has 0 spiro atoms. The van der Waals surface area contributed by atoms with Crippen LogP contribution >= 0.6 is 35.2 Å². The van der Waals surface area contributed by atoms with Crippen molar-refractivity contribution < 1.29 is 0 Å². The summed E-state index contributed by atoms with van der Waals surface area (Å²) in [5.41, 5.74) is 1.11. The second kappa shape index (κ2) is 5.48. The van der Waals surface area contributed by atoms with Gasteiger partial charge >= 0.3 is 0 Å². The fourth-order valence-electron chi connectivity index (χ4n) is 2.20. The second-order valence-electron chi connectivity index (χ2n) is 4.32. The number of nitrogens with one attached hydrogen (secondary N) is 1. The maximum Gasteiger partial charge on any atom is 0.207 e. The van der Waals surface area contributed by atoms with Crippen LogP contribution in [0.4, 0.5) is 10.8 Å². The maximum absolute atomic E-state index is 6.23. The Kier molecular flexibility index (Phi) is 3.72. The molecule has 0 radical (unpaired) electrons. The molecule has 1 saturated heterocycles. The van der Waals surface area contributed by atoms with E-state index in [0.29, 0.717) is 0 Å². The highest BCUT2D eigenvalue weighted by molar-refractivity contribution is 7.73. The Bertz CT molecular complexity index is 616. The largest absolute Gasteiger partial charge is 0.367 e. The molecule has 2 aromatic rings. The lowest BCUT2D eigenvalue weighted by atomic mass is 10.2. The molecule has 2 heterocycles. The molecule has 0 aliphatic carbocycles. The molecule has 4 nitrogen and oxygen atoms in total. The number of halogens is 1. The highest BCUT2D eigenvalue weighted by Gasteiger charge is 2.20. The predicted molar refractivity (Wildman–Crippen MR) is 83.2 cm³/mol. The third kappa shape index (κ3) is 2.75. The summed E-state index contributed by atoms with van der Waals surface area (Å²) in [7, 11) is 0. The van der Waals surface area contributed by atoms with Gasteiger partial charge in [-0.3, -0.25) is 5.10 Å². The van der Waals surface area contributed by atoms with Crippen LogP contribution in [0.15, 0.2) is 24.3 Å². The summed E-state index contributed by atoms with van der Waals surface area (Å²) < 4.78 is 0.725. The molecule has 0 bridgehead atoms. The smallest absolute Gasteiger partial charge is 0.207 e. The number of hydrogen-bond acceptors (Lipinski definition) is 5. The summed E-state index contributed by atoms with van der Waals surface area (Å²) in [6.07, 6.45) is 0. The summed E-state index contributed by atoms with van der Waals surface area (Å²) in [5, 5.41) is 8.84. The third-order valence-corrected chi connectivity index (χ3v) is 4.64. The standard InChI is InChI=1S/C12H13ClN4S2/c13-9-3-1-2-4-10(9)16-5-7-17(8-6-16)11-14-15-12(18)19-11/h1-4H,5-8H2,(H,15,18). The Morgan fingerprint density at radius 3 is 2.47 bits per heavy atom. The molecule has 0 unspecified atom stereocenters. The average molecular weight is 313 g/mol. The van der Waals surface area contributed by atoms with Crippen LogP contribution < -0.4 is 9.80 Å². The van der Waals surface area contributed by atoms with E-state index in [0.717, 1.165) is 46.0 Å². The van der Waals surface area contributed by atoms with Crippen LogP contribution in [0.3, 0.4) is 0 Å². The molecule has 1 fully saturated rings. The molecular formula is C12H13ClN4S2. The summed E-state index contributed by atoms with van der Waals surface area (Å²) in [5.74, 6) is 0. The molecule has 7 heteroatoms. The SMILES string of the molecule is S=c1[nH]nc(N2CCN(c3ccccc3Cl)CC2)s1. The minimum absolute atomic E-state index is 0.725. The first kappa shape index (κ1) is 12.9. The van der Waals surface area contributed by atoms with Crippen molar-refractivity contribution in [2.45, 2.75) is 0 Å². The van der Waals surface area contributed by atoms with Gasteiger partial charge in [-0.25, -0.2) is 0 Å². The Morgan fingerprint density at radius 2 is 1.84 bits per heavy atom. The van der Waals surface area contributed by atoms with Gasteiger partial charge in [-0.1, -0.05) is 35.1 Å². The molecule has 100 valence electrons. The van der Waals surface area contributed by atoms with E-state index in [1.165, 1.54) is 11.3 Å². The fourth-order valence-corrected chi connectivity index (χ4v) is 3.39. The number of anilines is 2. The van der Waals surface area contributed by atoms with Crippen molar-refractivity contribution >= 4 is 46.0 Å². The van der Waals surface area contributed by atoms with Gasteiger partial charge in [0, 0.05) is 26.2 Å². The van der Waals surface area contributed by atoms with Crippen molar-refractivity contribution in [2.75, 3.05) is 36.0 Å². The summed E-state index contributed by atoms with van der Waals surface area (Å²) in [6.45, 7) is 3.74. The average Bonchev–Trinajstić information content (AvgIpc) is 2.86. The van der Waals surface area contributed by atoms with Gasteiger partial charge in [0.1, 0.15) is 0 Å². The van der Waals surface area contributed by atoms with Gasteiger partial charge in [0.05, 0.1) is 10.7 Å². The zero-order chi connectivity index (χ0) is 13.2. The zero-order valence-electron chi connectivity index (χ0n) is 10.2. The van der Waals surface area contributed by atoms with Crippen molar-refractivity contribution in [3.05, 3.63) is 33.2 Å². The molecule has 3 rings (SSSR count). The Morgan fingerprint density at radius 1 is 1.16 bits per heavy atom. The molecule has 1 aromatic carbocycles. The van der Waals surface area contributed by atoms with E-state index in [-0.39, 0.29) is 0 Å². The highest BCUT2D eigenvalue weighted by Crippen LogP contribution is 2.27. The molecule has 1 N–H and O–H groups in total. The molecule has 1 aliphatic heterocycles. The zero-order valence-corrected chi connectivity index (χ0v) is 12.6. The Labute approximate surface area is 125 Å². The van der Waals surface area contributed by atoms with Crippen LogP contribution in [-0.2, 0) is 0 Å². The molecule has 1 aromatic heterocycles. The lowest BCUT2D eigenvalue weighted by Gasteiger charge is -2.36. The van der Waals surface area contributed by atoms with Gasteiger partial charge in [0.15, 0.2) is 3.95 Å². The van der Waals surface area contributed by atoms with Crippen LogP contribution in [0.5, 0.6) is 0 Å². The number of para-hydroxylation sites is 1. The topological polar surface area (TPSA) is 35.2 Å². The third-order valence-electron chi connectivity index (χ3n) is 3.17. The number of H-pyrrole nitrogens is 1. The van der Waals surface area contributed by atoms with Gasteiger partial charge in [0.25, 0.3) is 0 Å². The van der Waals surface area contributed by atoms with E-state index >= 15 is 0 Å². The Balaban J connectivity index is 1.70. The van der Waals surface area contributed by atoms with Crippen LogP contribution in [0, 0.1) is 3.95 Å². The molecule has 0 atom stereocenters. The maximum atomic E-state index is 6.23. The van der Waals surface area contributed by atoms with Crippen molar-refractivity contribution in [1.82, 2.24) is 10.2 Å². The van der Waals surface area contributed by atoms with E-state index in [1.807, 2.05) is 18.2 Å². The molecule has 19 heavy (non-hydrogen) atoms. The Hall–Kier alpha value is -1.11. The lowest BCUT2D eigenvalue weighted by molar-refractivity contribution is 0.650. The first-order chi connectivity index (χ1) is 9.24. The van der Waals surface area contributed by atoms with Crippen LogP contribution in [0.1, 0.15) is 0 Å². The summed E-state index contributed by atoms with van der Waals surface area (Å²) >= 11 is 12.8. The quantitative estimate of drug-likeness (QED) is 0.864. The van der Waals surface area contributed by atoms with Gasteiger partial charge in [-0.2, -0.15) is 0 Å². The van der Waals surface area contributed by atoms with Crippen LogP contribution in [0.25, 0.3) is 0 Å². The minimum Gasteiger partial charge on any atom is -0.367 e. The molecule has 1 aliphatic rings. The monoisotopic (exact) mass is 312 g/mol. The second-order valence-corrected chi connectivity index (χ2v) is 6.37. The van der Waals surface area contributed by atoms with E-state index in [2.05, 4.69) is 26.1 Å². The number of benzene rings is 1. The van der Waals surface area contributed by atoms with Gasteiger partial charge < -0.3 is 9.80 Å².